The van der Waals surface area contributed by atoms with Crippen molar-refractivity contribution < 1.29 is 14.3 Å². The molecule has 6 heteroatoms. The summed E-state index contributed by atoms with van der Waals surface area (Å²) in [5.74, 6) is 1.85. The van der Waals surface area contributed by atoms with E-state index in [-0.39, 0.29) is 17.9 Å². The van der Waals surface area contributed by atoms with Crippen molar-refractivity contribution in [3.05, 3.63) is 65.7 Å². The molecule has 2 aromatic carbocycles. The van der Waals surface area contributed by atoms with E-state index in [0.717, 1.165) is 42.7 Å². The Balaban J connectivity index is 1.70. The molecule has 2 aromatic rings. The molecule has 3 rings (SSSR count). The number of nitrogens with zero attached hydrogens (tertiary/aromatic N) is 1. The van der Waals surface area contributed by atoms with Crippen molar-refractivity contribution in [3.63, 3.8) is 0 Å². The summed E-state index contributed by atoms with van der Waals surface area (Å²) in [6, 6.07) is 17.6. The predicted molar refractivity (Wildman–Crippen MR) is 131 cm³/mol. The summed E-state index contributed by atoms with van der Waals surface area (Å²) in [6.45, 7) is 2.38. The summed E-state index contributed by atoms with van der Waals surface area (Å²) in [7, 11) is 1.63. The molecule has 5 nitrogen and oxygen atoms in total. The molecule has 0 heterocycles. The average molecular weight is 455 g/mol. The highest BCUT2D eigenvalue weighted by Gasteiger charge is 2.30. The summed E-state index contributed by atoms with van der Waals surface area (Å²) in [5.41, 5.74) is 2.18. The predicted octanol–water partition coefficient (Wildman–Crippen LogP) is 4.79. The highest BCUT2D eigenvalue weighted by molar-refractivity contribution is 7.99. The molecule has 1 aliphatic rings. The van der Waals surface area contributed by atoms with Crippen molar-refractivity contribution in [2.75, 3.05) is 12.9 Å². The molecule has 1 saturated carbocycles. The lowest BCUT2D eigenvalue weighted by atomic mass is 10.1. The quantitative estimate of drug-likeness (QED) is 0.530. The molecule has 1 aliphatic carbocycles. The maximum Gasteiger partial charge on any atom is 0.243 e. The molecule has 32 heavy (non-hydrogen) atoms. The molecule has 1 fully saturated rings. The van der Waals surface area contributed by atoms with E-state index in [2.05, 4.69) is 17.4 Å². The van der Waals surface area contributed by atoms with Gasteiger partial charge in [-0.05, 0) is 42.5 Å². The van der Waals surface area contributed by atoms with Gasteiger partial charge in [-0.3, -0.25) is 9.59 Å². The lowest BCUT2D eigenvalue weighted by Crippen LogP contribution is -2.51. The normalized spacial score (nSPS) is 14.7. The van der Waals surface area contributed by atoms with Gasteiger partial charge in [-0.15, -0.1) is 11.8 Å². The van der Waals surface area contributed by atoms with Crippen LogP contribution in [-0.2, 0) is 21.9 Å². The van der Waals surface area contributed by atoms with Gasteiger partial charge in [-0.25, -0.2) is 0 Å². The number of nitrogens with one attached hydrogen (secondary N) is 1. The van der Waals surface area contributed by atoms with Crippen LogP contribution in [0, 0.1) is 0 Å². The smallest absolute Gasteiger partial charge is 0.243 e. The molecule has 1 atom stereocenters. The minimum Gasteiger partial charge on any atom is -0.497 e. The first-order valence-corrected chi connectivity index (χ1v) is 12.6. The van der Waals surface area contributed by atoms with Crippen molar-refractivity contribution in [1.82, 2.24) is 10.2 Å². The molecular weight excluding hydrogens is 420 g/mol. The van der Waals surface area contributed by atoms with Gasteiger partial charge >= 0.3 is 0 Å². The van der Waals surface area contributed by atoms with Crippen LogP contribution < -0.4 is 10.1 Å². The number of carbonyl (C=O) groups excluding carboxylic acids is 2. The second-order valence-corrected chi connectivity index (χ2v) is 9.25. The highest BCUT2D eigenvalue weighted by atomic mass is 32.2. The van der Waals surface area contributed by atoms with Crippen molar-refractivity contribution in [2.45, 2.75) is 63.4 Å². The molecule has 0 radical (unpaired) electrons. The lowest BCUT2D eigenvalue weighted by Gasteiger charge is -2.31. The van der Waals surface area contributed by atoms with Gasteiger partial charge in [-0.1, -0.05) is 62.2 Å². The first kappa shape index (κ1) is 24.2. The van der Waals surface area contributed by atoms with E-state index in [0.29, 0.717) is 18.7 Å². The standard InChI is InChI=1S/C26H34N2O3S/c1-3-24(26(30)27-22-11-7-8-12-22)28(17-20-13-15-23(31-2)16-14-20)25(29)19-32-18-21-9-5-4-6-10-21/h4-6,9-10,13-16,22,24H,3,7-8,11-12,17-19H2,1-2H3,(H,27,30)/t24-/m1/s1. The van der Waals surface area contributed by atoms with Crippen LogP contribution in [0.2, 0.25) is 0 Å². The fraction of sp³-hybridized carbons (Fsp3) is 0.462. The molecule has 2 amide bonds. The molecule has 0 aromatic heterocycles. The van der Waals surface area contributed by atoms with Crippen LogP contribution in [0.25, 0.3) is 0 Å². The highest BCUT2D eigenvalue weighted by Crippen LogP contribution is 2.21. The van der Waals surface area contributed by atoms with Crippen LogP contribution in [0.1, 0.15) is 50.2 Å². The van der Waals surface area contributed by atoms with Crippen LogP contribution >= 0.6 is 11.8 Å². The second-order valence-electron chi connectivity index (χ2n) is 8.26. The third-order valence-corrected chi connectivity index (χ3v) is 6.93. The van der Waals surface area contributed by atoms with Gasteiger partial charge in [0.2, 0.25) is 11.8 Å². The third kappa shape index (κ3) is 7.02. The zero-order valence-corrected chi connectivity index (χ0v) is 19.9. The van der Waals surface area contributed by atoms with E-state index in [4.69, 9.17) is 4.74 Å². The average Bonchev–Trinajstić information content (AvgIpc) is 3.33. The van der Waals surface area contributed by atoms with Crippen LogP contribution in [0.15, 0.2) is 54.6 Å². The Hall–Kier alpha value is -2.47. The summed E-state index contributed by atoms with van der Waals surface area (Å²) < 4.78 is 5.25. The Morgan fingerprint density at radius 1 is 1.06 bits per heavy atom. The summed E-state index contributed by atoms with van der Waals surface area (Å²) >= 11 is 1.59. The second kappa shape index (κ2) is 12.5. The molecule has 0 saturated heterocycles. The zero-order valence-electron chi connectivity index (χ0n) is 19.1. The summed E-state index contributed by atoms with van der Waals surface area (Å²) in [4.78, 5) is 28.2. The maximum atomic E-state index is 13.3. The van der Waals surface area contributed by atoms with Gasteiger partial charge in [0.05, 0.1) is 12.9 Å². The van der Waals surface area contributed by atoms with Crippen molar-refractivity contribution in [2.24, 2.45) is 0 Å². The van der Waals surface area contributed by atoms with Crippen molar-refractivity contribution in [1.29, 1.82) is 0 Å². The number of hydrogen-bond donors (Lipinski definition) is 1. The third-order valence-electron chi connectivity index (χ3n) is 5.94. The number of amides is 2. The van der Waals surface area contributed by atoms with Crippen LogP contribution in [0.3, 0.4) is 0 Å². The van der Waals surface area contributed by atoms with Crippen molar-refractivity contribution in [3.8, 4) is 5.75 Å². The van der Waals surface area contributed by atoms with Gasteiger partial charge in [0, 0.05) is 18.3 Å². The monoisotopic (exact) mass is 454 g/mol. The molecular formula is C26H34N2O3S. The minimum absolute atomic E-state index is 0.00447. The number of thioether (sulfide) groups is 1. The van der Waals surface area contributed by atoms with Crippen LogP contribution in [-0.4, -0.2) is 41.7 Å². The van der Waals surface area contributed by atoms with E-state index in [1.807, 2.05) is 49.4 Å². The van der Waals surface area contributed by atoms with Gasteiger partial charge in [0.15, 0.2) is 0 Å². The number of ether oxygens (including phenoxy) is 1. The number of benzene rings is 2. The van der Waals surface area contributed by atoms with Crippen molar-refractivity contribution >= 4 is 23.6 Å². The van der Waals surface area contributed by atoms with E-state index >= 15 is 0 Å². The Bertz CT molecular complexity index is 851. The van der Waals surface area contributed by atoms with E-state index < -0.39 is 6.04 Å². The number of methoxy groups -OCH3 is 1. The Morgan fingerprint density at radius 2 is 1.75 bits per heavy atom. The van der Waals surface area contributed by atoms with Gasteiger partial charge in [0.25, 0.3) is 0 Å². The molecule has 0 unspecified atom stereocenters. The summed E-state index contributed by atoms with van der Waals surface area (Å²) in [6.07, 6.45) is 4.96. The molecule has 1 N–H and O–H groups in total. The number of hydrogen-bond acceptors (Lipinski definition) is 4. The Labute approximate surface area is 195 Å². The van der Waals surface area contributed by atoms with Gasteiger partial charge in [0.1, 0.15) is 11.8 Å². The van der Waals surface area contributed by atoms with Crippen LogP contribution in [0.4, 0.5) is 0 Å². The molecule has 0 bridgehead atoms. The van der Waals surface area contributed by atoms with Crippen LogP contribution in [0.5, 0.6) is 5.75 Å². The Kier molecular flexibility index (Phi) is 9.47. The fourth-order valence-electron chi connectivity index (χ4n) is 4.13. The fourth-order valence-corrected chi connectivity index (χ4v) is 5.00. The first-order valence-electron chi connectivity index (χ1n) is 11.4. The summed E-state index contributed by atoms with van der Waals surface area (Å²) in [5, 5.41) is 3.19. The largest absolute Gasteiger partial charge is 0.497 e. The molecule has 0 aliphatic heterocycles. The molecule has 172 valence electrons. The zero-order chi connectivity index (χ0) is 22.8. The van der Waals surface area contributed by atoms with E-state index in [9.17, 15) is 9.59 Å². The minimum atomic E-state index is -0.470. The molecule has 0 spiro atoms. The van der Waals surface area contributed by atoms with Gasteiger partial charge < -0.3 is 15.0 Å². The SMILES string of the molecule is CC[C@H](C(=O)NC1CCCC1)N(Cc1ccc(OC)cc1)C(=O)CSCc1ccccc1. The topological polar surface area (TPSA) is 58.6 Å². The van der Waals surface area contributed by atoms with E-state index in [1.54, 1.807) is 23.8 Å². The lowest BCUT2D eigenvalue weighted by molar-refractivity contribution is -0.139. The maximum absolute atomic E-state index is 13.3. The first-order chi connectivity index (χ1) is 15.6. The number of carbonyl (C=O) groups is 2. The number of rotatable bonds is 11. The Morgan fingerprint density at radius 3 is 2.38 bits per heavy atom. The van der Waals surface area contributed by atoms with E-state index in [1.165, 1.54) is 5.56 Å². The van der Waals surface area contributed by atoms with Gasteiger partial charge in [-0.2, -0.15) is 0 Å².